The fraction of sp³-hybridized carbons (Fsp3) is 0.379. The van der Waals surface area contributed by atoms with Crippen LogP contribution in [0.4, 0.5) is 13.6 Å². The number of phenols is 1. The van der Waals surface area contributed by atoms with Crippen LogP contribution in [0.2, 0.25) is 0 Å². The zero-order chi connectivity index (χ0) is 27.3. The lowest BCUT2D eigenvalue weighted by molar-refractivity contribution is -0.133. The van der Waals surface area contributed by atoms with E-state index in [2.05, 4.69) is 26.8 Å². The monoisotopic (exact) mass is 536 g/mol. The van der Waals surface area contributed by atoms with Crippen molar-refractivity contribution in [3.63, 3.8) is 0 Å². The van der Waals surface area contributed by atoms with Crippen molar-refractivity contribution >= 4 is 22.8 Å². The highest BCUT2D eigenvalue weighted by atomic mass is 19.3. The topological polar surface area (TPSA) is 89.1 Å². The van der Waals surface area contributed by atoms with Crippen molar-refractivity contribution in [2.24, 2.45) is 0 Å². The summed E-state index contributed by atoms with van der Waals surface area (Å²) < 4.78 is 30.5. The number of halogens is 2. The van der Waals surface area contributed by atoms with Gasteiger partial charge >= 0.3 is 12.6 Å². The van der Waals surface area contributed by atoms with Crippen LogP contribution in [0.15, 0.2) is 54.6 Å². The minimum atomic E-state index is -2.96. The van der Waals surface area contributed by atoms with Gasteiger partial charge in [-0.1, -0.05) is 24.3 Å². The second kappa shape index (κ2) is 9.68. The van der Waals surface area contributed by atoms with E-state index in [1.807, 2.05) is 0 Å². The van der Waals surface area contributed by atoms with E-state index in [9.17, 15) is 23.5 Å². The van der Waals surface area contributed by atoms with Crippen LogP contribution < -0.4 is 4.74 Å². The van der Waals surface area contributed by atoms with Crippen LogP contribution in [0.25, 0.3) is 10.9 Å². The van der Waals surface area contributed by atoms with Crippen molar-refractivity contribution < 1.29 is 28.2 Å². The number of hydrogen-bond acceptors (Lipinski definition) is 5. The summed E-state index contributed by atoms with van der Waals surface area (Å²) in [6.07, 6.45) is 6.16. The van der Waals surface area contributed by atoms with Gasteiger partial charge < -0.3 is 14.8 Å². The molecular formula is C29H30F2N4O4. The molecule has 1 aromatic heterocycles. The number of nitrogens with zero attached hydrogens (tertiary/aromatic N) is 3. The molecule has 1 saturated heterocycles. The average Bonchev–Trinajstić information content (AvgIpc) is 3.35. The van der Waals surface area contributed by atoms with Gasteiger partial charge in [0.2, 0.25) is 0 Å². The maximum absolute atomic E-state index is 13.9. The number of nitrogens with one attached hydrogen (secondary N) is 1. The number of amides is 3. The predicted molar refractivity (Wildman–Crippen MR) is 141 cm³/mol. The molecule has 3 aromatic rings. The standard InChI is InChI=1S/C29H30F2N4O4/c1-29-17-22-21-16-20(39-27(30)31)9-10-23(21)32-24(22)25(18-7-5-8-19(36)15-18)35(29)28(38)34(26(29)37)14-6-13-33-11-3-2-4-12-33/h2-3,5,7-10,15-16,25,27,32,36H,4,6,11-14,17H2,1H3. The molecule has 204 valence electrons. The molecule has 0 aliphatic carbocycles. The minimum absolute atomic E-state index is 0.0174. The van der Waals surface area contributed by atoms with E-state index in [0.29, 0.717) is 35.1 Å². The fourth-order valence-corrected chi connectivity index (χ4v) is 6.25. The van der Waals surface area contributed by atoms with Gasteiger partial charge in [-0.2, -0.15) is 8.78 Å². The van der Waals surface area contributed by atoms with E-state index in [1.165, 1.54) is 11.0 Å². The van der Waals surface area contributed by atoms with E-state index in [1.54, 1.807) is 48.2 Å². The summed E-state index contributed by atoms with van der Waals surface area (Å²) in [7, 11) is 0. The summed E-state index contributed by atoms with van der Waals surface area (Å²) >= 11 is 0. The highest BCUT2D eigenvalue weighted by Crippen LogP contribution is 2.49. The van der Waals surface area contributed by atoms with Gasteiger partial charge in [0.05, 0.1) is 0 Å². The zero-order valence-electron chi connectivity index (χ0n) is 21.6. The van der Waals surface area contributed by atoms with E-state index in [0.717, 1.165) is 31.6 Å². The number of hydrogen-bond donors (Lipinski definition) is 2. The number of phenolic OH excluding ortho intramolecular Hbond substituents is 1. The molecule has 2 atom stereocenters. The third kappa shape index (κ3) is 4.32. The lowest BCUT2D eigenvalue weighted by Gasteiger charge is -2.42. The Balaban J connectivity index is 1.39. The highest BCUT2D eigenvalue weighted by molar-refractivity contribution is 6.08. The van der Waals surface area contributed by atoms with E-state index >= 15 is 0 Å². The number of ether oxygens (including phenoxy) is 1. The Hall–Kier alpha value is -3.92. The van der Waals surface area contributed by atoms with Crippen molar-refractivity contribution in [3.05, 3.63) is 71.4 Å². The number of carbonyl (C=O) groups excluding carboxylic acids is 2. The number of aromatic amines is 1. The summed E-state index contributed by atoms with van der Waals surface area (Å²) in [6.45, 7) is 1.71. The van der Waals surface area contributed by atoms with Gasteiger partial charge in [-0.15, -0.1) is 0 Å². The van der Waals surface area contributed by atoms with Gasteiger partial charge in [0, 0.05) is 49.2 Å². The Morgan fingerprint density at radius 3 is 2.74 bits per heavy atom. The van der Waals surface area contributed by atoms with Crippen LogP contribution >= 0.6 is 0 Å². The van der Waals surface area contributed by atoms with Gasteiger partial charge in [-0.05, 0) is 61.2 Å². The van der Waals surface area contributed by atoms with Crippen molar-refractivity contribution in [2.75, 3.05) is 26.2 Å². The molecule has 6 rings (SSSR count). The first kappa shape index (κ1) is 25.4. The van der Waals surface area contributed by atoms with Crippen molar-refractivity contribution in [1.82, 2.24) is 19.7 Å². The number of benzene rings is 2. The van der Waals surface area contributed by atoms with E-state index in [-0.39, 0.29) is 29.9 Å². The summed E-state index contributed by atoms with van der Waals surface area (Å²) in [6, 6.07) is 10.2. The zero-order valence-corrected chi connectivity index (χ0v) is 21.6. The summed E-state index contributed by atoms with van der Waals surface area (Å²) in [5, 5.41) is 10.9. The first-order chi connectivity index (χ1) is 18.8. The van der Waals surface area contributed by atoms with Crippen molar-refractivity contribution in [1.29, 1.82) is 0 Å². The maximum Gasteiger partial charge on any atom is 0.387 e. The molecular weight excluding hydrogens is 506 g/mol. The Bertz CT molecular complexity index is 1470. The number of urea groups is 1. The van der Waals surface area contributed by atoms with Crippen LogP contribution in [0.3, 0.4) is 0 Å². The van der Waals surface area contributed by atoms with Crippen molar-refractivity contribution in [2.45, 2.75) is 44.4 Å². The first-order valence-electron chi connectivity index (χ1n) is 13.2. The highest BCUT2D eigenvalue weighted by Gasteiger charge is 2.60. The predicted octanol–water partition coefficient (Wildman–Crippen LogP) is 4.80. The Labute approximate surface area is 224 Å². The molecule has 0 spiro atoms. The molecule has 3 amide bonds. The number of fused-ring (bicyclic) bond motifs is 4. The lowest BCUT2D eigenvalue weighted by atomic mass is 9.81. The molecule has 10 heteroatoms. The lowest BCUT2D eigenvalue weighted by Crippen LogP contribution is -2.53. The second-order valence-corrected chi connectivity index (χ2v) is 10.6. The van der Waals surface area contributed by atoms with Gasteiger partial charge in [-0.3, -0.25) is 19.5 Å². The summed E-state index contributed by atoms with van der Waals surface area (Å²) in [4.78, 5) is 36.5. The molecule has 0 saturated carbocycles. The van der Waals surface area contributed by atoms with Crippen LogP contribution in [0.1, 0.15) is 42.6 Å². The molecule has 0 bridgehead atoms. The van der Waals surface area contributed by atoms with Crippen molar-refractivity contribution in [3.8, 4) is 11.5 Å². The second-order valence-electron chi connectivity index (χ2n) is 10.6. The van der Waals surface area contributed by atoms with Gasteiger partial charge in [-0.25, -0.2) is 4.79 Å². The molecule has 39 heavy (non-hydrogen) atoms. The van der Waals surface area contributed by atoms with Crippen LogP contribution in [0, 0.1) is 0 Å². The molecule has 0 radical (unpaired) electrons. The number of carbonyl (C=O) groups is 2. The van der Waals surface area contributed by atoms with Crippen LogP contribution in [-0.2, 0) is 11.2 Å². The number of aromatic hydroxyl groups is 1. The van der Waals surface area contributed by atoms with E-state index < -0.39 is 18.2 Å². The maximum atomic E-state index is 13.9. The quantitative estimate of drug-likeness (QED) is 0.335. The smallest absolute Gasteiger partial charge is 0.387 e. The third-order valence-corrected chi connectivity index (χ3v) is 8.05. The number of rotatable bonds is 7. The average molecular weight is 537 g/mol. The fourth-order valence-electron chi connectivity index (χ4n) is 6.25. The molecule has 4 heterocycles. The largest absolute Gasteiger partial charge is 0.508 e. The summed E-state index contributed by atoms with van der Waals surface area (Å²) in [5.41, 5.74) is 1.58. The Kier molecular flexibility index (Phi) is 6.29. The number of alkyl halides is 2. The normalized spacial score (nSPS) is 23.1. The molecule has 2 unspecified atom stereocenters. The molecule has 3 aliphatic rings. The van der Waals surface area contributed by atoms with Crippen LogP contribution in [-0.4, -0.2) is 75.1 Å². The van der Waals surface area contributed by atoms with Gasteiger partial charge in [0.15, 0.2) is 0 Å². The van der Waals surface area contributed by atoms with Gasteiger partial charge in [0.25, 0.3) is 5.91 Å². The summed E-state index contributed by atoms with van der Waals surface area (Å²) in [5.74, 6) is -0.226. The molecule has 3 aliphatic heterocycles. The Morgan fingerprint density at radius 2 is 2.00 bits per heavy atom. The number of H-pyrrole nitrogens is 1. The molecule has 8 nitrogen and oxygen atoms in total. The van der Waals surface area contributed by atoms with E-state index in [4.69, 9.17) is 0 Å². The molecule has 1 fully saturated rings. The number of imide groups is 1. The molecule has 2 N–H and O–H groups in total. The van der Waals surface area contributed by atoms with Gasteiger partial charge in [0.1, 0.15) is 23.1 Å². The minimum Gasteiger partial charge on any atom is -0.508 e. The Morgan fingerprint density at radius 1 is 1.15 bits per heavy atom. The first-order valence-corrected chi connectivity index (χ1v) is 13.2. The SMILES string of the molecule is CC12Cc3c([nH]c4ccc(OC(F)F)cc34)C(c3cccc(O)c3)N1C(=O)N(CCCN1CC=CCC1)C2=O. The van der Waals surface area contributed by atoms with Crippen LogP contribution in [0.5, 0.6) is 11.5 Å². The number of aromatic nitrogens is 1. The third-order valence-electron chi connectivity index (χ3n) is 8.05. The molecule has 2 aromatic carbocycles.